The summed E-state index contributed by atoms with van der Waals surface area (Å²) in [5.74, 6) is 0. The van der Waals surface area contributed by atoms with Gasteiger partial charge < -0.3 is 0 Å². The molecule has 1 rings (SSSR count). The van der Waals surface area contributed by atoms with Crippen molar-refractivity contribution in [3.8, 4) is 0 Å². The molecule has 50 valence electrons. The zero-order chi connectivity index (χ0) is 7.40. The van der Waals surface area contributed by atoms with E-state index in [0.29, 0.717) is 0 Å². The number of hydrogen-bond donors (Lipinski definition) is 0. The predicted octanol–water partition coefficient (Wildman–Crippen LogP) is 0.627. The average molecular weight is 326 g/mol. The van der Waals surface area contributed by atoms with Crippen molar-refractivity contribution in [1.82, 2.24) is 0 Å². The van der Waals surface area contributed by atoms with E-state index in [0.717, 1.165) is 32.4 Å². The number of methoxy groups -OCH3 is 1. The van der Waals surface area contributed by atoms with Gasteiger partial charge in [0, 0.05) is 0 Å². The molecule has 10 heavy (non-hydrogen) atoms. The molecule has 0 atom stereocenters. The van der Waals surface area contributed by atoms with Gasteiger partial charge in [0.1, 0.15) is 0 Å². The summed E-state index contributed by atoms with van der Waals surface area (Å²) in [6.07, 6.45) is 0. The van der Waals surface area contributed by atoms with E-state index < -0.39 is 0 Å². The average Bonchev–Trinajstić information content (AvgIpc) is 1.94. The summed E-state index contributed by atoms with van der Waals surface area (Å²) in [4.78, 5) is 0. The van der Waals surface area contributed by atoms with Crippen molar-refractivity contribution in [2.75, 3.05) is 7.11 Å². The fourth-order valence-corrected chi connectivity index (χ4v) is 1.95. The van der Waals surface area contributed by atoms with Gasteiger partial charge in [-0.3, -0.25) is 0 Å². The van der Waals surface area contributed by atoms with E-state index in [9.17, 15) is 0 Å². The van der Waals surface area contributed by atoms with Crippen LogP contribution >= 0.6 is 0 Å². The standard InChI is InChI=1S/C8H9O.Tl/c1-9-7-8-5-3-2-4-6-8;/h2-5H,7H2,1H3;. The summed E-state index contributed by atoms with van der Waals surface area (Å²) in [6, 6.07) is 8.42. The van der Waals surface area contributed by atoms with E-state index in [1.165, 1.54) is 8.69 Å². The maximum atomic E-state index is 5.04. The summed E-state index contributed by atoms with van der Waals surface area (Å²) in [5.41, 5.74) is 1.34. The Balaban J connectivity index is 2.81. The Morgan fingerprint density at radius 2 is 2.10 bits per heavy atom. The van der Waals surface area contributed by atoms with Gasteiger partial charge in [-0.05, 0) is 0 Å². The first kappa shape index (κ1) is 8.20. The van der Waals surface area contributed by atoms with E-state index in [4.69, 9.17) is 4.74 Å². The van der Waals surface area contributed by atoms with Crippen LogP contribution in [0.4, 0.5) is 0 Å². The van der Waals surface area contributed by atoms with Crippen molar-refractivity contribution >= 4 is 28.9 Å². The Labute approximate surface area is 77.1 Å². The van der Waals surface area contributed by atoms with Gasteiger partial charge in [0.25, 0.3) is 0 Å². The number of benzene rings is 1. The van der Waals surface area contributed by atoms with Gasteiger partial charge in [0.2, 0.25) is 0 Å². The molecule has 2 heteroatoms. The summed E-state index contributed by atoms with van der Waals surface area (Å²) in [5, 5.41) is 0. The van der Waals surface area contributed by atoms with Crippen LogP contribution in [0.5, 0.6) is 0 Å². The maximum absolute atomic E-state index is 5.04. The van der Waals surface area contributed by atoms with Crippen LogP contribution in [-0.4, -0.2) is 32.9 Å². The number of ether oxygens (including phenoxy) is 1. The fourth-order valence-electron chi connectivity index (χ4n) is 0.821. The summed E-state index contributed by atoms with van der Waals surface area (Å²) >= 11 is 0.913. The summed E-state index contributed by atoms with van der Waals surface area (Å²) < 4.78 is 6.50. The molecule has 1 nitrogen and oxygen atoms in total. The Kier molecular flexibility index (Phi) is 3.35. The van der Waals surface area contributed by atoms with Crippen molar-refractivity contribution < 1.29 is 4.74 Å². The fraction of sp³-hybridized carbons (Fsp3) is 0.250. The zero-order valence-electron chi connectivity index (χ0n) is 6.00. The normalized spacial score (nSPS) is 9.60. The molecule has 0 unspecified atom stereocenters. The van der Waals surface area contributed by atoms with E-state index in [1.807, 2.05) is 0 Å². The van der Waals surface area contributed by atoms with Crippen molar-refractivity contribution in [3.63, 3.8) is 0 Å². The number of rotatable bonds is 2. The molecule has 1 aromatic carbocycles. The minimum atomic E-state index is 0.757. The predicted molar refractivity (Wildman–Crippen MR) is 42.5 cm³/mol. The van der Waals surface area contributed by atoms with Crippen molar-refractivity contribution in [2.24, 2.45) is 0 Å². The van der Waals surface area contributed by atoms with E-state index in [1.54, 1.807) is 7.11 Å². The van der Waals surface area contributed by atoms with E-state index in [-0.39, 0.29) is 0 Å². The van der Waals surface area contributed by atoms with Gasteiger partial charge in [-0.15, -0.1) is 0 Å². The van der Waals surface area contributed by atoms with Gasteiger partial charge in [-0.2, -0.15) is 0 Å². The first-order valence-electron chi connectivity index (χ1n) is 3.17. The Bertz CT molecular complexity index is 210. The molecule has 0 fully saturated rings. The molecule has 0 amide bonds. The van der Waals surface area contributed by atoms with Crippen molar-refractivity contribution in [3.05, 3.63) is 29.8 Å². The number of hydrogen-bond acceptors (Lipinski definition) is 1. The second-order valence-electron chi connectivity index (χ2n) is 2.13. The van der Waals surface area contributed by atoms with Crippen LogP contribution in [-0.2, 0) is 11.3 Å². The van der Waals surface area contributed by atoms with Gasteiger partial charge in [-0.1, -0.05) is 0 Å². The minimum absolute atomic E-state index is 0.757. The molecule has 0 spiro atoms. The molecule has 0 saturated carbocycles. The molecule has 0 N–H and O–H groups in total. The first-order valence-corrected chi connectivity index (χ1v) is 5.41. The quantitative estimate of drug-likeness (QED) is 0.725. The summed E-state index contributed by atoms with van der Waals surface area (Å²) in [7, 11) is 1.73. The molecular formula is C8H9OTl. The van der Waals surface area contributed by atoms with Crippen molar-refractivity contribution in [2.45, 2.75) is 6.61 Å². The van der Waals surface area contributed by atoms with Crippen LogP contribution in [0.25, 0.3) is 0 Å². The molecule has 1 aromatic rings. The molecule has 0 radical (unpaired) electrons. The van der Waals surface area contributed by atoms with E-state index >= 15 is 0 Å². The topological polar surface area (TPSA) is 9.23 Å². The second-order valence-corrected chi connectivity index (χ2v) is 4.55. The molecule has 0 bridgehead atoms. The van der Waals surface area contributed by atoms with Crippen LogP contribution in [0.1, 0.15) is 5.56 Å². The SMILES string of the molecule is COCc1cccc[c]1[Tl]. The zero-order valence-corrected chi connectivity index (χ0v) is 10.5. The third kappa shape index (κ3) is 2.05. The molecule has 0 saturated heterocycles. The van der Waals surface area contributed by atoms with Crippen LogP contribution in [0.15, 0.2) is 24.3 Å². The molecule has 0 aromatic heterocycles. The Hall–Kier alpha value is 0.102. The van der Waals surface area contributed by atoms with Gasteiger partial charge in [0.15, 0.2) is 0 Å². The Morgan fingerprint density at radius 1 is 1.40 bits per heavy atom. The van der Waals surface area contributed by atoms with E-state index in [2.05, 4.69) is 24.3 Å². The third-order valence-corrected chi connectivity index (χ3v) is 3.54. The Morgan fingerprint density at radius 3 is 2.70 bits per heavy atom. The van der Waals surface area contributed by atoms with Crippen LogP contribution < -0.4 is 3.12 Å². The van der Waals surface area contributed by atoms with Gasteiger partial charge in [-0.25, -0.2) is 0 Å². The van der Waals surface area contributed by atoms with Crippen molar-refractivity contribution in [1.29, 1.82) is 0 Å². The second kappa shape index (κ2) is 4.08. The molecule has 0 aliphatic heterocycles. The monoisotopic (exact) mass is 326 g/mol. The van der Waals surface area contributed by atoms with Crippen LogP contribution in [0, 0.1) is 0 Å². The molecular weight excluding hydrogens is 316 g/mol. The van der Waals surface area contributed by atoms with Crippen LogP contribution in [0.2, 0.25) is 0 Å². The molecule has 0 heterocycles. The van der Waals surface area contributed by atoms with Gasteiger partial charge in [0.05, 0.1) is 0 Å². The van der Waals surface area contributed by atoms with Crippen LogP contribution in [0.3, 0.4) is 0 Å². The first-order chi connectivity index (χ1) is 4.84. The molecule has 0 aliphatic rings. The summed E-state index contributed by atoms with van der Waals surface area (Å²) in [6.45, 7) is 0.757. The molecule has 0 aliphatic carbocycles. The third-order valence-electron chi connectivity index (χ3n) is 1.35. The van der Waals surface area contributed by atoms with Gasteiger partial charge >= 0.3 is 77.2 Å².